The molecule has 18 heavy (non-hydrogen) atoms. The summed E-state index contributed by atoms with van der Waals surface area (Å²) in [6.07, 6.45) is 1.65. The summed E-state index contributed by atoms with van der Waals surface area (Å²) in [4.78, 5) is 14.4. The number of nitrogens with two attached hydrogens (primary N) is 1. The molecule has 5 nitrogen and oxygen atoms in total. The quantitative estimate of drug-likeness (QED) is 0.736. The van der Waals surface area contributed by atoms with Crippen molar-refractivity contribution in [2.24, 2.45) is 5.73 Å². The number of hydrogen-bond donors (Lipinski definition) is 3. The first kappa shape index (κ1) is 11.3. The van der Waals surface area contributed by atoms with Crippen molar-refractivity contribution in [3.05, 3.63) is 35.5 Å². The molecule has 1 fully saturated rings. The number of nitrogens with one attached hydrogen (secondary N) is 2. The number of aromatic nitrogens is 1. The average molecular weight is 245 g/mol. The zero-order valence-electron chi connectivity index (χ0n) is 9.90. The summed E-state index contributed by atoms with van der Waals surface area (Å²) >= 11 is 0. The first-order valence-corrected chi connectivity index (χ1v) is 5.97. The Kier molecular flexibility index (Phi) is 2.77. The van der Waals surface area contributed by atoms with Crippen molar-refractivity contribution in [1.82, 2.24) is 10.3 Å². The molecule has 2 heterocycles. The number of ether oxygens (including phenoxy) is 1. The Bertz CT molecular complexity index is 585. The molecule has 3 rings (SSSR count). The minimum Gasteiger partial charge on any atom is -0.378 e. The molecule has 4 N–H and O–H groups in total. The molecule has 2 aromatic rings. The Morgan fingerprint density at radius 1 is 1.44 bits per heavy atom. The third-order valence-corrected chi connectivity index (χ3v) is 3.30. The lowest BCUT2D eigenvalue weighted by atomic mass is 10.0. The normalized spacial score (nSPS) is 20.1. The number of hydrogen-bond acceptors (Lipinski definition) is 3. The summed E-state index contributed by atoms with van der Waals surface area (Å²) in [7, 11) is 0. The van der Waals surface area contributed by atoms with E-state index in [1.54, 1.807) is 6.20 Å². The van der Waals surface area contributed by atoms with E-state index in [1.165, 1.54) is 0 Å². The summed E-state index contributed by atoms with van der Waals surface area (Å²) in [6, 6.07) is 6.18. The first-order valence-electron chi connectivity index (χ1n) is 5.97. The minimum atomic E-state index is -0.411. The molecule has 0 spiro atoms. The number of fused-ring (bicyclic) bond motifs is 1. The predicted molar refractivity (Wildman–Crippen MR) is 68.4 cm³/mol. The molecule has 1 aliphatic heterocycles. The number of aromatic amines is 1. The van der Waals surface area contributed by atoms with Crippen LogP contribution in [0.25, 0.3) is 10.9 Å². The molecular formula is C13H15N3O2. The number of amides is 1. The van der Waals surface area contributed by atoms with Crippen LogP contribution >= 0.6 is 0 Å². The van der Waals surface area contributed by atoms with Crippen LogP contribution in [0, 0.1) is 0 Å². The Hall–Kier alpha value is -1.85. The molecule has 1 aliphatic rings. The monoisotopic (exact) mass is 245 g/mol. The third-order valence-electron chi connectivity index (χ3n) is 3.30. The van der Waals surface area contributed by atoms with E-state index in [-0.39, 0.29) is 6.04 Å². The van der Waals surface area contributed by atoms with Gasteiger partial charge >= 0.3 is 0 Å². The van der Waals surface area contributed by atoms with Crippen LogP contribution in [0.1, 0.15) is 22.0 Å². The fourth-order valence-electron chi connectivity index (χ4n) is 2.34. The Balaban J connectivity index is 2.03. The van der Waals surface area contributed by atoms with Crippen LogP contribution < -0.4 is 11.1 Å². The molecular weight excluding hydrogens is 230 g/mol. The topological polar surface area (TPSA) is 80.1 Å². The molecule has 0 bridgehead atoms. The van der Waals surface area contributed by atoms with E-state index in [1.807, 2.05) is 18.2 Å². The number of morpholine rings is 1. The molecule has 1 aromatic heterocycles. The molecule has 1 aromatic carbocycles. The number of H-pyrrole nitrogens is 1. The molecule has 5 heteroatoms. The van der Waals surface area contributed by atoms with Gasteiger partial charge < -0.3 is 20.8 Å². The van der Waals surface area contributed by atoms with Gasteiger partial charge in [-0.1, -0.05) is 6.07 Å². The second-order valence-corrected chi connectivity index (χ2v) is 4.45. The fraction of sp³-hybridized carbons (Fsp3) is 0.308. The number of benzene rings is 1. The van der Waals surface area contributed by atoms with Crippen molar-refractivity contribution >= 4 is 16.8 Å². The van der Waals surface area contributed by atoms with Crippen LogP contribution in [0.5, 0.6) is 0 Å². The number of primary amides is 1. The highest BCUT2D eigenvalue weighted by atomic mass is 16.5. The van der Waals surface area contributed by atoms with Crippen LogP contribution in [0.15, 0.2) is 24.4 Å². The zero-order chi connectivity index (χ0) is 12.5. The number of carbonyl (C=O) groups excluding carboxylic acids is 1. The van der Waals surface area contributed by atoms with Gasteiger partial charge in [0, 0.05) is 23.6 Å². The maximum absolute atomic E-state index is 11.3. The summed E-state index contributed by atoms with van der Waals surface area (Å²) in [5.74, 6) is -0.411. The van der Waals surface area contributed by atoms with Crippen LogP contribution in [0.3, 0.4) is 0 Å². The van der Waals surface area contributed by atoms with Gasteiger partial charge in [-0.15, -0.1) is 0 Å². The predicted octanol–water partition coefficient (Wildman–Crippen LogP) is 0.928. The highest BCUT2D eigenvalue weighted by Crippen LogP contribution is 2.24. The summed E-state index contributed by atoms with van der Waals surface area (Å²) < 4.78 is 5.45. The Labute approximate surface area is 104 Å². The van der Waals surface area contributed by atoms with Gasteiger partial charge in [-0.3, -0.25) is 4.79 Å². The molecule has 94 valence electrons. The van der Waals surface area contributed by atoms with E-state index >= 15 is 0 Å². The summed E-state index contributed by atoms with van der Waals surface area (Å²) in [6.45, 7) is 2.25. The Morgan fingerprint density at radius 2 is 2.33 bits per heavy atom. The van der Waals surface area contributed by atoms with Gasteiger partial charge in [0.25, 0.3) is 5.91 Å². The molecule has 1 amide bonds. The highest BCUT2D eigenvalue weighted by molar-refractivity contribution is 6.06. The van der Waals surface area contributed by atoms with Crippen molar-refractivity contribution < 1.29 is 9.53 Å². The minimum absolute atomic E-state index is 0.179. The molecule has 1 unspecified atom stereocenters. The van der Waals surface area contributed by atoms with E-state index < -0.39 is 5.91 Å². The highest BCUT2D eigenvalue weighted by Gasteiger charge is 2.17. The van der Waals surface area contributed by atoms with E-state index in [4.69, 9.17) is 10.5 Å². The van der Waals surface area contributed by atoms with E-state index in [9.17, 15) is 4.79 Å². The van der Waals surface area contributed by atoms with Crippen molar-refractivity contribution in [1.29, 1.82) is 0 Å². The van der Waals surface area contributed by atoms with Crippen LogP contribution in [-0.4, -0.2) is 30.6 Å². The lowest BCUT2D eigenvalue weighted by molar-refractivity contribution is 0.0769. The van der Waals surface area contributed by atoms with Crippen LogP contribution in [-0.2, 0) is 4.74 Å². The maximum Gasteiger partial charge on any atom is 0.250 e. The first-order chi connectivity index (χ1) is 8.75. The van der Waals surface area contributed by atoms with Crippen molar-refractivity contribution in [3.8, 4) is 0 Å². The van der Waals surface area contributed by atoms with Gasteiger partial charge in [0.2, 0.25) is 0 Å². The number of carbonyl (C=O) groups is 1. The standard InChI is InChI=1S/C13H15N3O2/c14-13(17)10-6-16-11-2-1-8(5-9(10)11)12-7-18-4-3-15-12/h1-2,5-6,12,15-16H,3-4,7H2,(H2,14,17). The summed E-state index contributed by atoms with van der Waals surface area (Å²) in [5, 5.41) is 4.26. The smallest absolute Gasteiger partial charge is 0.250 e. The molecule has 0 radical (unpaired) electrons. The maximum atomic E-state index is 11.3. The molecule has 1 saturated heterocycles. The van der Waals surface area contributed by atoms with Crippen molar-refractivity contribution in [3.63, 3.8) is 0 Å². The number of rotatable bonds is 2. The lowest BCUT2D eigenvalue weighted by Crippen LogP contribution is -2.34. The van der Waals surface area contributed by atoms with Gasteiger partial charge in [0.15, 0.2) is 0 Å². The molecule has 1 atom stereocenters. The second-order valence-electron chi connectivity index (χ2n) is 4.45. The molecule has 0 saturated carbocycles. The van der Waals surface area contributed by atoms with Gasteiger partial charge in [0.1, 0.15) is 0 Å². The van der Waals surface area contributed by atoms with E-state index in [0.29, 0.717) is 12.2 Å². The fourth-order valence-corrected chi connectivity index (χ4v) is 2.34. The summed E-state index contributed by atoms with van der Waals surface area (Å²) in [5.41, 5.74) is 7.92. The van der Waals surface area contributed by atoms with Crippen LogP contribution in [0.2, 0.25) is 0 Å². The van der Waals surface area contributed by atoms with Gasteiger partial charge in [-0.2, -0.15) is 0 Å². The van der Waals surface area contributed by atoms with Gasteiger partial charge in [-0.25, -0.2) is 0 Å². The lowest BCUT2D eigenvalue weighted by Gasteiger charge is -2.24. The Morgan fingerprint density at radius 3 is 3.06 bits per heavy atom. The van der Waals surface area contributed by atoms with Crippen molar-refractivity contribution in [2.75, 3.05) is 19.8 Å². The van der Waals surface area contributed by atoms with E-state index in [2.05, 4.69) is 10.3 Å². The van der Waals surface area contributed by atoms with Gasteiger partial charge in [-0.05, 0) is 17.7 Å². The largest absolute Gasteiger partial charge is 0.378 e. The average Bonchev–Trinajstić information content (AvgIpc) is 2.82. The van der Waals surface area contributed by atoms with Crippen LogP contribution in [0.4, 0.5) is 0 Å². The zero-order valence-corrected chi connectivity index (χ0v) is 9.90. The SMILES string of the molecule is NC(=O)c1c[nH]c2ccc(C3COCCN3)cc12. The van der Waals surface area contributed by atoms with Crippen molar-refractivity contribution in [2.45, 2.75) is 6.04 Å². The van der Waals surface area contributed by atoms with Gasteiger partial charge in [0.05, 0.1) is 24.8 Å². The van der Waals surface area contributed by atoms with E-state index in [0.717, 1.165) is 29.6 Å². The second kappa shape index (κ2) is 4.44. The third kappa shape index (κ3) is 1.87. The molecule has 0 aliphatic carbocycles.